The van der Waals surface area contributed by atoms with E-state index in [4.69, 9.17) is 10.5 Å². The zero-order chi connectivity index (χ0) is 14.6. The second-order valence-electron chi connectivity index (χ2n) is 5.06. The number of aromatic amines is 1. The molecular formula is C13H23N3O3S. The Morgan fingerprint density at radius 2 is 2.35 bits per heavy atom. The number of rotatable bonds is 6. The van der Waals surface area contributed by atoms with Crippen LogP contribution in [0.15, 0.2) is 17.2 Å². The molecule has 3 N–H and O–H groups in total. The van der Waals surface area contributed by atoms with Crippen molar-refractivity contribution in [2.24, 2.45) is 5.73 Å². The van der Waals surface area contributed by atoms with E-state index in [1.807, 2.05) is 6.92 Å². The molecule has 1 fully saturated rings. The van der Waals surface area contributed by atoms with E-state index in [2.05, 4.69) is 4.98 Å². The van der Waals surface area contributed by atoms with E-state index in [1.54, 1.807) is 6.07 Å². The predicted molar refractivity (Wildman–Crippen MR) is 76.7 cm³/mol. The predicted octanol–water partition coefficient (Wildman–Crippen LogP) is 1.05. The van der Waals surface area contributed by atoms with Gasteiger partial charge in [0.15, 0.2) is 0 Å². The molecule has 1 aromatic rings. The third-order valence-corrected chi connectivity index (χ3v) is 5.32. The Labute approximate surface area is 120 Å². The van der Waals surface area contributed by atoms with Gasteiger partial charge in [0.05, 0.1) is 11.0 Å². The van der Waals surface area contributed by atoms with E-state index in [9.17, 15) is 8.42 Å². The van der Waals surface area contributed by atoms with Gasteiger partial charge in [0.1, 0.15) is 0 Å². The Balaban J connectivity index is 2.08. The molecule has 1 atom stereocenters. The number of H-pyrrole nitrogens is 1. The first kappa shape index (κ1) is 15.5. The second-order valence-corrected chi connectivity index (χ2v) is 7.00. The lowest BCUT2D eigenvalue weighted by Gasteiger charge is -2.31. The standard InChI is InChI=1S/C13H23N3O3S/c1-2-6-19-12-4-3-5-16(10-12)20(17,18)13-7-11(8-14)15-9-13/h7,9,12,15H,2-6,8,10,14H2,1H3. The summed E-state index contributed by atoms with van der Waals surface area (Å²) < 4.78 is 32.3. The summed E-state index contributed by atoms with van der Waals surface area (Å²) in [5.41, 5.74) is 6.22. The molecule has 0 aliphatic carbocycles. The minimum atomic E-state index is -3.44. The molecule has 1 aliphatic heterocycles. The minimum Gasteiger partial charge on any atom is -0.377 e. The quantitative estimate of drug-likeness (QED) is 0.822. The molecule has 0 radical (unpaired) electrons. The summed E-state index contributed by atoms with van der Waals surface area (Å²) in [5, 5.41) is 0. The second kappa shape index (κ2) is 6.71. The lowest BCUT2D eigenvalue weighted by Crippen LogP contribution is -2.43. The van der Waals surface area contributed by atoms with Crippen molar-refractivity contribution in [1.82, 2.24) is 9.29 Å². The molecule has 2 rings (SSSR count). The lowest BCUT2D eigenvalue weighted by atomic mass is 10.1. The Kier molecular flexibility index (Phi) is 5.20. The summed E-state index contributed by atoms with van der Waals surface area (Å²) in [4.78, 5) is 3.17. The molecule has 6 nitrogen and oxygen atoms in total. The molecule has 114 valence electrons. The van der Waals surface area contributed by atoms with Crippen molar-refractivity contribution in [3.63, 3.8) is 0 Å². The van der Waals surface area contributed by atoms with Crippen LogP contribution in [0.25, 0.3) is 0 Å². The van der Waals surface area contributed by atoms with Gasteiger partial charge in [-0.2, -0.15) is 4.31 Å². The van der Waals surface area contributed by atoms with Crippen LogP contribution in [0.2, 0.25) is 0 Å². The summed E-state index contributed by atoms with van der Waals surface area (Å²) in [5.74, 6) is 0. The summed E-state index contributed by atoms with van der Waals surface area (Å²) >= 11 is 0. The maximum Gasteiger partial charge on any atom is 0.244 e. The Bertz CT molecular complexity index is 527. The van der Waals surface area contributed by atoms with Gasteiger partial charge in [0.2, 0.25) is 10.0 Å². The summed E-state index contributed by atoms with van der Waals surface area (Å²) in [6, 6.07) is 1.60. The fraction of sp³-hybridized carbons (Fsp3) is 0.692. The van der Waals surface area contributed by atoms with Crippen LogP contribution in [0, 0.1) is 0 Å². The van der Waals surface area contributed by atoms with Gasteiger partial charge in [-0.25, -0.2) is 8.42 Å². The zero-order valence-corrected chi connectivity index (χ0v) is 12.7. The van der Waals surface area contributed by atoms with Gasteiger partial charge < -0.3 is 15.5 Å². The topological polar surface area (TPSA) is 88.4 Å². The third-order valence-electron chi connectivity index (χ3n) is 3.47. The van der Waals surface area contributed by atoms with E-state index in [0.29, 0.717) is 26.2 Å². The van der Waals surface area contributed by atoms with E-state index in [1.165, 1.54) is 10.5 Å². The normalized spacial score (nSPS) is 21.2. The molecule has 0 amide bonds. The van der Waals surface area contributed by atoms with Crippen LogP contribution < -0.4 is 5.73 Å². The lowest BCUT2D eigenvalue weighted by molar-refractivity contribution is 0.0193. The molecular weight excluding hydrogens is 278 g/mol. The van der Waals surface area contributed by atoms with E-state index in [-0.39, 0.29) is 11.0 Å². The summed E-state index contributed by atoms with van der Waals surface area (Å²) in [7, 11) is -3.44. The van der Waals surface area contributed by atoms with Gasteiger partial charge in [-0.3, -0.25) is 0 Å². The van der Waals surface area contributed by atoms with Crippen LogP contribution in [0.1, 0.15) is 31.9 Å². The molecule has 1 saturated heterocycles. The van der Waals surface area contributed by atoms with Gasteiger partial charge in [0, 0.05) is 38.1 Å². The number of hydrogen-bond acceptors (Lipinski definition) is 4. The summed E-state index contributed by atoms with van der Waals surface area (Å²) in [6.45, 7) is 4.02. The van der Waals surface area contributed by atoms with Crippen LogP contribution in [0.3, 0.4) is 0 Å². The largest absolute Gasteiger partial charge is 0.377 e. The van der Waals surface area contributed by atoms with Crippen LogP contribution in [-0.4, -0.2) is 43.5 Å². The van der Waals surface area contributed by atoms with Crippen molar-refractivity contribution in [2.75, 3.05) is 19.7 Å². The molecule has 7 heteroatoms. The molecule has 1 unspecified atom stereocenters. The number of ether oxygens (including phenoxy) is 1. The van der Waals surface area contributed by atoms with E-state index >= 15 is 0 Å². The van der Waals surface area contributed by atoms with Gasteiger partial charge in [0.25, 0.3) is 0 Å². The fourth-order valence-corrected chi connectivity index (χ4v) is 3.91. The van der Waals surface area contributed by atoms with Crippen molar-refractivity contribution < 1.29 is 13.2 Å². The molecule has 0 aromatic carbocycles. The van der Waals surface area contributed by atoms with Crippen molar-refractivity contribution in [1.29, 1.82) is 0 Å². The molecule has 2 heterocycles. The zero-order valence-electron chi connectivity index (χ0n) is 11.8. The van der Waals surface area contributed by atoms with Crippen LogP contribution in [0.5, 0.6) is 0 Å². The SMILES string of the molecule is CCCOC1CCCN(S(=O)(=O)c2c[nH]c(CN)c2)C1. The number of aromatic nitrogens is 1. The smallest absolute Gasteiger partial charge is 0.244 e. The highest BCUT2D eigenvalue weighted by Crippen LogP contribution is 2.22. The first-order chi connectivity index (χ1) is 9.57. The van der Waals surface area contributed by atoms with Gasteiger partial charge in [-0.05, 0) is 25.3 Å². The molecule has 0 saturated carbocycles. The molecule has 1 aliphatic rings. The number of nitrogens with zero attached hydrogens (tertiary/aromatic N) is 1. The maximum absolute atomic E-state index is 12.5. The molecule has 0 bridgehead atoms. The van der Waals surface area contributed by atoms with Gasteiger partial charge in [-0.15, -0.1) is 0 Å². The van der Waals surface area contributed by atoms with Crippen LogP contribution in [-0.2, 0) is 21.3 Å². The highest BCUT2D eigenvalue weighted by Gasteiger charge is 2.31. The number of hydrogen-bond donors (Lipinski definition) is 2. The maximum atomic E-state index is 12.5. The van der Waals surface area contributed by atoms with Gasteiger partial charge >= 0.3 is 0 Å². The first-order valence-electron chi connectivity index (χ1n) is 7.07. The first-order valence-corrected chi connectivity index (χ1v) is 8.51. The number of nitrogens with one attached hydrogen (secondary N) is 1. The number of piperidine rings is 1. The Hall–Kier alpha value is -0.890. The highest BCUT2D eigenvalue weighted by atomic mass is 32.2. The Morgan fingerprint density at radius 1 is 1.55 bits per heavy atom. The van der Waals surface area contributed by atoms with E-state index < -0.39 is 10.0 Å². The molecule has 0 spiro atoms. The minimum absolute atomic E-state index is 0.00592. The monoisotopic (exact) mass is 301 g/mol. The average molecular weight is 301 g/mol. The van der Waals surface area contributed by atoms with Crippen molar-refractivity contribution >= 4 is 10.0 Å². The van der Waals surface area contributed by atoms with E-state index in [0.717, 1.165) is 25.0 Å². The third kappa shape index (κ3) is 3.41. The van der Waals surface area contributed by atoms with Crippen molar-refractivity contribution in [3.8, 4) is 0 Å². The molecule has 20 heavy (non-hydrogen) atoms. The molecule has 1 aromatic heterocycles. The Morgan fingerprint density at radius 3 is 3.00 bits per heavy atom. The summed E-state index contributed by atoms with van der Waals surface area (Å²) in [6.07, 6.45) is 4.22. The van der Waals surface area contributed by atoms with Crippen molar-refractivity contribution in [2.45, 2.75) is 43.7 Å². The fourth-order valence-electron chi connectivity index (χ4n) is 2.38. The van der Waals surface area contributed by atoms with Crippen LogP contribution in [0.4, 0.5) is 0 Å². The number of nitrogens with two attached hydrogens (primary N) is 1. The highest BCUT2D eigenvalue weighted by molar-refractivity contribution is 7.89. The number of sulfonamides is 1. The van der Waals surface area contributed by atoms with Gasteiger partial charge in [-0.1, -0.05) is 6.92 Å². The van der Waals surface area contributed by atoms with Crippen LogP contribution >= 0.6 is 0 Å². The average Bonchev–Trinajstić information content (AvgIpc) is 2.95. The van der Waals surface area contributed by atoms with Crippen molar-refractivity contribution in [3.05, 3.63) is 18.0 Å².